The minimum Gasteiger partial charge on any atom is -0.448 e. The first-order valence-electron chi connectivity index (χ1n) is 8.67. The molecule has 2 aliphatic rings. The van der Waals surface area contributed by atoms with Crippen molar-refractivity contribution in [2.75, 3.05) is 0 Å². The van der Waals surface area contributed by atoms with E-state index in [1.54, 1.807) is 6.92 Å². The second kappa shape index (κ2) is 7.04. The van der Waals surface area contributed by atoms with E-state index in [-0.39, 0.29) is 17.9 Å². The minimum atomic E-state index is -0.742. The van der Waals surface area contributed by atoms with Crippen LogP contribution in [0.5, 0.6) is 0 Å². The number of hydrogen-bond acceptors (Lipinski definition) is 4. The van der Waals surface area contributed by atoms with Crippen molar-refractivity contribution < 1.29 is 14.3 Å². The molecule has 1 saturated carbocycles. The van der Waals surface area contributed by atoms with Crippen LogP contribution in [0.3, 0.4) is 0 Å². The first-order valence-corrected chi connectivity index (χ1v) is 9.49. The first kappa shape index (κ1) is 16.5. The maximum Gasteiger partial charge on any atom is 0.349 e. The summed E-state index contributed by atoms with van der Waals surface area (Å²) in [6.45, 7) is 3.83. The van der Waals surface area contributed by atoms with Crippen LogP contribution in [0.25, 0.3) is 0 Å². The van der Waals surface area contributed by atoms with Gasteiger partial charge in [-0.25, -0.2) is 4.79 Å². The summed E-state index contributed by atoms with van der Waals surface area (Å²) in [6.07, 6.45) is 7.11. The number of rotatable bonds is 4. The van der Waals surface area contributed by atoms with E-state index in [9.17, 15) is 9.59 Å². The Morgan fingerprint density at radius 2 is 2.04 bits per heavy atom. The lowest BCUT2D eigenvalue weighted by Gasteiger charge is -2.30. The molecule has 0 spiro atoms. The summed E-state index contributed by atoms with van der Waals surface area (Å²) in [7, 11) is 0. The lowest BCUT2D eigenvalue weighted by atomic mass is 9.86. The monoisotopic (exact) mass is 335 g/mol. The van der Waals surface area contributed by atoms with Crippen LogP contribution in [-0.2, 0) is 22.4 Å². The van der Waals surface area contributed by atoms with Crippen LogP contribution in [0.15, 0.2) is 6.07 Å². The summed E-state index contributed by atoms with van der Waals surface area (Å²) in [5.74, 6) is -0.0548. The van der Waals surface area contributed by atoms with Gasteiger partial charge in [-0.05, 0) is 56.6 Å². The number of nitrogens with one attached hydrogen (secondary N) is 1. The number of carbonyl (C=O) groups excluding carboxylic acids is 2. The zero-order valence-corrected chi connectivity index (χ0v) is 14.7. The van der Waals surface area contributed by atoms with Gasteiger partial charge in [0.1, 0.15) is 4.88 Å². The van der Waals surface area contributed by atoms with Crippen molar-refractivity contribution >= 4 is 23.2 Å². The molecule has 0 radical (unpaired) electrons. The highest BCUT2D eigenvalue weighted by atomic mass is 32.1. The van der Waals surface area contributed by atoms with Crippen LogP contribution >= 0.6 is 11.3 Å². The average molecular weight is 335 g/mol. The number of aryl methyl sites for hydroxylation is 2. The summed E-state index contributed by atoms with van der Waals surface area (Å²) in [5.41, 5.74) is 1.27. The van der Waals surface area contributed by atoms with Crippen LogP contribution in [0.2, 0.25) is 0 Å². The van der Waals surface area contributed by atoms with Crippen molar-refractivity contribution in [3.05, 3.63) is 21.4 Å². The molecule has 0 unspecified atom stereocenters. The van der Waals surface area contributed by atoms with Crippen LogP contribution in [0.1, 0.15) is 66.1 Å². The number of esters is 1. The predicted molar refractivity (Wildman–Crippen MR) is 90.8 cm³/mol. The fourth-order valence-corrected chi connectivity index (χ4v) is 4.67. The second-order valence-electron chi connectivity index (χ2n) is 6.84. The molecular formula is C18H25NO3S. The normalized spacial score (nSPS) is 24.8. The third-order valence-corrected chi connectivity index (χ3v) is 6.26. The number of fused-ring (bicyclic) bond motifs is 1. The largest absolute Gasteiger partial charge is 0.448 e. The molecule has 0 aliphatic heterocycles. The topological polar surface area (TPSA) is 55.4 Å². The Bertz CT molecular complexity index is 574. The van der Waals surface area contributed by atoms with E-state index in [4.69, 9.17) is 4.74 Å². The summed E-state index contributed by atoms with van der Waals surface area (Å²) in [6, 6.07) is 2.14. The molecule has 5 heteroatoms. The quantitative estimate of drug-likeness (QED) is 0.857. The SMILES string of the molecule is C[C@@H](OC(=O)c1cc2c(s1)CCC2)C(=O)N[C@@H]1CCCC[C@@H]1C. The molecule has 0 saturated heterocycles. The number of carbonyl (C=O) groups is 2. The maximum absolute atomic E-state index is 12.3. The van der Waals surface area contributed by atoms with Gasteiger partial charge in [-0.15, -0.1) is 11.3 Å². The summed E-state index contributed by atoms with van der Waals surface area (Å²) in [5, 5.41) is 3.05. The summed E-state index contributed by atoms with van der Waals surface area (Å²) in [4.78, 5) is 26.4. The highest BCUT2D eigenvalue weighted by Gasteiger charge is 2.27. The Hall–Kier alpha value is -1.36. The Morgan fingerprint density at radius 3 is 2.78 bits per heavy atom. The van der Waals surface area contributed by atoms with Crippen molar-refractivity contribution in [2.24, 2.45) is 5.92 Å². The van der Waals surface area contributed by atoms with Crippen LogP contribution < -0.4 is 5.32 Å². The molecular weight excluding hydrogens is 310 g/mol. The molecule has 1 N–H and O–H groups in total. The fraction of sp³-hybridized carbons (Fsp3) is 0.667. The van der Waals surface area contributed by atoms with E-state index in [2.05, 4.69) is 12.2 Å². The van der Waals surface area contributed by atoms with E-state index >= 15 is 0 Å². The summed E-state index contributed by atoms with van der Waals surface area (Å²) < 4.78 is 5.37. The van der Waals surface area contributed by atoms with Gasteiger partial charge in [0.2, 0.25) is 0 Å². The summed E-state index contributed by atoms with van der Waals surface area (Å²) >= 11 is 1.51. The molecule has 0 aromatic carbocycles. The Kier molecular flexibility index (Phi) is 5.05. The minimum absolute atomic E-state index is 0.179. The second-order valence-corrected chi connectivity index (χ2v) is 7.97. The fourth-order valence-electron chi connectivity index (χ4n) is 3.53. The van der Waals surface area contributed by atoms with Crippen molar-refractivity contribution in [2.45, 2.75) is 70.9 Å². The van der Waals surface area contributed by atoms with Crippen LogP contribution in [0.4, 0.5) is 0 Å². The molecule has 4 nitrogen and oxygen atoms in total. The average Bonchev–Trinajstić information content (AvgIpc) is 3.10. The van der Waals surface area contributed by atoms with Crippen molar-refractivity contribution in [1.82, 2.24) is 5.32 Å². The number of amides is 1. The molecule has 1 aromatic heterocycles. The lowest BCUT2D eigenvalue weighted by Crippen LogP contribution is -2.45. The molecule has 3 rings (SSSR count). The molecule has 1 fully saturated rings. The third kappa shape index (κ3) is 3.77. The van der Waals surface area contributed by atoms with Gasteiger partial charge in [-0.1, -0.05) is 19.8 Å². The highest BCUT2D eigenvalue weighted by Crippen LogP contribution is 2.31. The van der Waals surface area contributed by atoms with E-state index in [0.29, 0.717) is 10.8 Å². The number of thiophene rings is 1. The van der Waals surface area contributed by atoms with Crippen molar-refractivity contribution in [3.63, 3.8) is 0 Å². The predicted octanol–water partition coefficient (Wildman–Crippen LogP) is 3.48. The Morgan fingerprint density at radius 1 is 1.26 bits per heavy atom. The van der Waals surface area contributed by atoms with Gasteiger partial charge in [0.05, 0.1) is 0 Å². The Balaban J connectivity index is 1.53. The van der Waals surface area contributed by atoms with Crippen molar-refractivity contribution in [1.29, 1.82) is 0 Å². The number of hydrogen-bond donors (Lipinski definition) is 1. The number of ether oxygens (including phenoxy) is 1. The lowest BCUT2D eigenvalue weighted by molar-refractivity contribution is -0.130. The van der Waals surface area contributed by atoms with Crippen LogP contribution in [-0.4, -0.2) is 24.0 Å². The van der Waals surface area contributed by atoms with Crippen molar-refractivity contribution in [3.8, 4) is 0 Å². The van der Waals surface area contributed by atoms with Gasteiger partial charge >= 0.3 is 5.97 Å². The van der Waals surface area contributed by atoms with E-state index in [0.717, 1.165) is 32.1 Å². The third-order valence-electron chi connectivity index (χ3n) is 5.04. The molecule has 1 heterocycles. The highest BCUT2D eigenvalue weighted by molar-refractivity contribution is 7.14. The van der Waals surface area contributed by atoms with Gasteiger partial charge in [0.15, 0.2) is 6.10 Å². The Labute approximate surface area is 141 Å². The maximum atomic E-state index is 12.3. The molecule has 126 valence electrons. The molecule has 0 bridgehead atoms. The zero-order valence-electron chi connectivity index (χ0n) is 13.9. The first-order chi connectivity index (χ1) is 11.0. The van der Waals surface area contributed by atoms with Gasteiger partial charge in [0, 0.05) is 10.9 Å². The van der Waals surface area contributed by atoms with E-state index in [1.165, 1.54) is 34.6 Å². The van der Waals surface area contributed by atoms with Gasteiger partial charge in [-0.2, -0.15) is 0 Å². The van der Waals surface area contributed by atoms with Gasteiger partial charge in [-0.3, -0.25) is 4.79 Å². The zero-order chi connectivity index (χ0) is 16.4. The standard InChI is InChI=1S/C18H25NO3S/c1-11-6-3-4-8-14(11)19-17(20)12(2)22-18(21)16-10-13-7-5-9-15(13)23-16/h10-12,14H,3-9H2,1-2H3,(H,19,20)/t11-,12+,14+/m0/s1. The van der Waals surface area contributed by atoms with Gasteiger partial charge < -0.3 is 10.1 Å². The molecule has 3 atom stereocenters. The molecule has 2 aliphatic carbocycles. The van der Waals surface area contributed by atoms with E-state index < -0.39 is 6.10 Å². The van der Waals surface area contributed by atoms with E-state index in [1.807, 2.05) is 6.07 Å². The van der Waals surface area contributed by atoms with Gasteiger partial charge in [0.25, 0.3) is 5.91 Å². The smallest absolute Gasteiger partial charge is 0.349 e. The molecule has 1 aromatic rings. The van der Waals surface area contributed by atoms with Crippen LogP contribution in [0, 0.1) is 5.92 Å². The molecule has 23 heavy (non-hydrogen) atoms. The molecule has 1 amide bonds.